The lowest BCUT2D eigenvalue weighted by Gasteiger charge is -2.26. The minimum atomic E-state index is -4.76. The quantitative estimate of drug-likeness (QED) is 0.683. The highest BCUT2D eigenvalue weighted by atomic mass is 19.4. The second-order valence-electron chi connectivity index (χ2n) is 6.82. The van der Waals surface area contributed by atoms with Crippen LogP contribution in [0, 0.1) is 0 Å². The number of benzene rings is 2. The third-order valence-corrected chi connectivity index (χ3v) is 4.82. The molecule has 0 spiro atoms. The molecule has 1 aliphatic heterocycles. The molecule has 4 nitrogen and oxygen atoms in total. The van der Waals surface area contributed by atoms with Gasteiger partial charge in [-0.3, -0.25) is 4.79 Å². The van der Waals surface area contributed by atoms with Crippen LogP contribution in [0.5, 0.6) is 5.75 Å². The van der Waals surface area contributed by atoms with Gasteiger partial charge >= 0.3 is 6.36 Å². The molecule has 150 valence electrons. The maximum atomic E-state index is 12.6. The average Bonchev–Trinajstić information content (AvgIpc) is 3.00. The van der Waals surface area contributed by atoms with Crippen LogP contribution in [0.3, 0.4) is 0 Å². The standard InChI is InChI=1S/C21H23F3N2O2/c22-21(23,24)28-19-9-5-4-8-17(19)15-26-18(10-11-20(26)27)12-13-25-14-16-6-2-1-3-7-16/h1-9,18,25H,10-15H2/t18-/m1/s1. The van der Waals surface area contributed by atoms with Gasteiger partial charge in [0, 0.05) is 31.1 Å². The van der Waals surface area contributed by atoms with Crippen molar-refractivity contribution in [2.75, 3.05) is 6.54 Å². The zero-order chi connectivity index (χ0) is 20.0. The lowest BCUT2D eigenvalue weighted by molar-refractivity contribution is -0.275. The molecule has 0 saturated carbocycles. The highest BCUT2D eigenvalue weighted by Gasteiger charge is 2.34. The molecular formula is C21H23F3N2O2. The van der Waals surface area contributed by atoms with E-state index in [9.17, 15) is 18.0 Å². The molecule has 1 saturated heterocycles. The Morgan fingerprint density at radius 1 is 1.07 bits per heavy atom. The van der Waals surface area contributed by atoms with Crippen LogP contribution < -0.4 is 10.1 Å². The molecular weight excluding hydrogens is 369 g/mol. The van der Waals surface area contributed by atoms with Crippen LogP contribution in [-0.4, -0.2) is 29.8 Å². The van der Waals surface area contributed by atoms with Crippen molar-refractivity contribution in [2.24, 2.45) is 0 Å². The van der Waals surface area contributed by atoms with Crippen molar-refractivity contribution in [2.45, 2.75) is 44.8 Å². The molecule has 28 heavy (non-hydrogen) atoms. The first-order chi connectivity index (χ1) is 13.4. The van der Waals surface area contributed by atoms with Crippen LogP contribution >= 0.6 is 0 Å². The number of para-hydroxylation sites is 1. The van der Waals surface area contributed by atoms with Crippen LogP contribution in [0.25, 0.3) is 0 Å². The van der Waals surface area contributed by atoms with Crippen LogP contribution in [0.15, 0.2) is 54.6 Å². The molecule has 0 bridgehead atoms. The highest BCUT2D eigenvalue weighted by molar-refractivity contribution is 5.78. The largest absolute Gasteiger partial charge is 0.573 e. The van der Waals surface area contributed by atoms with E-state index < -0.39 is 6.36 Å². The zero-order valence-corrected chi connectivity index (χ0v) is 15.4. The predicted molar refractivity (Wildman–Crippen MR) is 99.5 cm³/mol. The summed E-state index contributed by atoms with van der Waals surface area (Å²) in [6, 6.07) is 16.0. The number of rotatable bonds is 8. The van der Waals surface area contributed by atoms with Gasteiger partial charge in [0.25, 0.3) is 0 Å². The molecule has 0 aliphatic carbocycles. The van der Waals surface area contributed by atoms with E-state index in [2.05, 4.69) is 10.1 Å². The van der Waals surface area contributed by atoms with Gasteiger partial charge in [-0.05, 0) is 31.0 Å². The molecule has 1 amide bonds. The molecule has 1 heterocycles. The molecule has 1 aliphatic rings. The van der Waals surface area contributed by atoms with Gasteiger partial charge in [0.2, 0.25) is 5.91 Å². The molecule has 2 aromatic rings. The summed E-state index contributed by atoms with van der Waals surface area (Å²) < 4.78 is 42.0. The summed E-state index contributed by atoms with van der Waals surface area (Å²) in [5.74, 6) is -0.287. The SMILES string of the molecule is O=C1CC[C@H](CCNCc2ccccc2)N1Cc1ccccc1OC(F)(F)F. The Hall–Kier alpha value is -2.54. The van der Waals surface area contributed by atoms with Gasteiger partial charge in [0.15, 0.2) is 0 Å². The highest BCUT2D eigenvalue weighted by Crippen LogP contribution is 2.30. The number of nitrogens with zero attached hydrogens (tertiary/aromatic N) is 1. The average molecular weight is 392 g/mol. The molecule has 1 N–H and O–H groups in total. The first kappa shape index (κ1) is 20.2. The number of carbonyl (C=O) groups excluding carboxylic acids is 1. The fraction of sp³-hybridized carbons (Fsp3) is 0.381. The fourth-order valence-corrected chi connectivity index (χ4v) is 3.45. The van der Waals surface area contributed by atoms with Gasteiger partial charge in [0.05, 0.1) is 0 Å². The maximum absolute atomic E-state index is 12.6. The van der Waals surface area contributed by atoms with Crippen molar-refractivity contribution in [1.29, 1.82) is 0 Å². The van der Waals surface area contributed by atoms with Gasteiger partial charge in [-0.1, -0.05) is 48.5 Å². The van der Waals surface area contributed by atoms with E-state index in [1.807, 2.05) is 30.3 Å². The van der Waals surface area contributed by atoms with E-state index >= 15 is 0 Å². The molecule has 0 aromatic heterocycles. The molecule has 3 rings (SSSR count). The van der Waals surface area contributed by atoms with Gasteiger partial charge < -0.3 is 15.0 Å². The summed E-state index contributed by atoms with van der Waals surface area (Å²) in [6.07, 6.45) is -2.87. The monoisotopic (exact) mass is 392 g/mol. The molecule has 1 fully saturated rings. The second kappa shape index (κ2) is 9.10. The maximum Gasteiger partial charge on any atom is 0.573 e. The third-order valence-electron chi connectivity index (χ3n) is 4.82. The number of halogens is 3. The van der Waals surface area contributed by atoms with Crippen LogP contribution in [0.4, 0.5) is 13.2 Å². The lowest BCUT2D eigenvalue weighted by atomic mass is 10.1. The molecule has 2 aromatic carbocycles. The number of ether oxygens (including phenoxy) is 1. The van der Waals surface area contributed by atoms with Gasteiger partial charge in [0.1, 0.15) is 5.75 Å². The van der Waals surface area contributed by atoms with Crippen molar-refractivity contribution in [3.8, 4) is 5.75 Å². The fourth-order valence-electron chi connectivity index (χ4n) is 3.45. The van der Waals surface area contributed by atoms with Crippen molar-refractivity contribution < 1.29 is 22.7 Å². The van der Waals surface area contributed by atoms with E-state index in [0.717, 1.165) is 19.5 Å². The number of hydrogen-bond donors (Lipinski definition) is 1. The predicted octanol–water partition coefficient (Wildman–Crippen LogP) is 4.26. The Labute approximate surface area is 162 Å². The number of nitrogens with one attached hydrogen (secondary N) is 1. The van der Waals surface area contributed by atoms with E-state index in [0.29, 0.717) is 18.4 Å². The topological polar surface area (TPSA) is 41.6 Å². The summed E-state index contributed by atoms with van der Waals surface area (Å²) in [7, 11) is 0. The lowest BCUT2D eigenvalue weighted by Crippen LogP contribution is -2.35. The van der Waals surface area contributed by atoms with Crippen molar-refractivity contribution in [3.05, 3.63) is 65.7 Å². The minimum Gasteiger partial charge on any atom is -0.405 e. The van der Waals surface area contributed by atoms with Gasteiger partial charge in [-0.25, -0.2) is 0 Å². The Kier molecular flexibility index (Phi) is 6.57. The van der Waals surface area contributed by atoms with Gasteiger partial charge in [-0.15, -0.1) is 13.2 Å². The number of likely N-dealkylation sites (tertiary alicyclic amines) is 1. The van der Waals surface area contributed by atoms with E-state index in [-0.39, 0.29) is 24.2 Å². The number of carbonyl (C=O) groups is 1. The minimum absolute atomic E-state index is 0.00900. The first-order valence-corrected chi connectivity index (χ1v) is 9.30. The van der Waals surface area contributed by atoms with Crippen LogP contribution in [0.2, 0.25) is 0 Å². The molecule has 0 unspecified atom stereocenters. The first-order valence-electron chi connectivity index (χ1n) is 9.30. The third kappa shape index (κ3) is 5.73. The van der Waals surface area contributed by atoms with Crippen molar-refractivity contribution in [3.63, 3.8) is 0 Å². The van der Waals surface area contributed by atoms with Crippen LogP contribution in [0.1, 0.15) is 30.4 Å². The van der Waals surface area contributed by atoms with Gasteiger partial charge in [-0.2, -0.15) is 0 Å². The Bertz CT molecular complexity index is 781. The van der Waals surface area contributed by atoms with Crippen LogP contribution in [-0.2, 0) is 17.9 Å². The van der Waals surface area contributed by atoms with Crippen molar-refractivity contribution in [1.82, 2.24) is 10.2 Å². The molecule has 0 radical (unpaired) electrons. The van der Waals surface area contributed by atoms with E-state index in [4.69, 9.17) is 0 Å². The number of hydrogen-bond acceptors (Lipinski definition) is 3. The molecule has 7 heteroatoms. The summed E-state index contributed by atoms with van der Waals surface area (Å²) in [6.45, 7) is 1.59. The normalized spacial score (nSPS) is 17.2. The summed E-state index contributed by atoms with van der Waals surface area (Å²) in [5, 5.41) is 3.36. The molecule has 1 atom stereocenters. The van der Waals surface area contributed by atoms with E-state index in [1.165, 1.54) is 17.7 Å². The summed E-state index contributed by atoms with van der Waals surface area (Å²) in [4.78, 5) is 14.0. The Morgan fingerprint density at radius 3 is 2.54 bits per heavy atom. The second-order valence-corrected chi connectivity index (χ2v) is 6.82. The van der Waals surface area contributed by atoms with E-state index in [1.54, 1.807) is 17.0 Å². The Morgan fingerprint density at radius 2 is 1.79 bits per heavy atom. The number of amides is 1. The zero-order valence-electron chi connectivity index (χ0n) is 15.4. The van der Waals surface area contributed by atoms with Crippen molar-refractivity contribution >= 4 is 5.91 Å². The summed E-state index contributed by atoms with van der Waals surface area (Å²) in [5.41, 5.74) is 1.54. The Balaban J connectivity index is 1.57. The smallest absolute Gasteiger partial charge is 0.405 e. The number of alkyl halides is 3. The summed E-state index contributed by atoms with van der Waals surface area (Å²) >= 11 is 0.